The van der Waals surface area contributed by atoms with E-state index in [1.807, 2.05) is 4.40 Å². The predicted octanol–water partition coefficient (Wildman–Crippen LogP) is 4.98. The van der Waals surface area contributed by atoms with Gasteiger partial charge in [-0.15, -0.1) is 10.2 Å². The molecule has 7 nitrogen and oxygen atoms in total. The first kappa shape index (κ1) is 21.6. The molecule has 0 amide bonds. The van der Waals surface area contributed by atoms with Crippen molar-refractivity contribution < 1.29 is 9.47 Å². The molecule has 3 aromatic heterocycles. The minimum absolute atomic E-state index is 0.380. The Morgan fingerprint density at radius 2 is 2.00 bits per heavy atom. The summed E-state index contributed by atoms with van der Waals surface area (Å²) in [5.74, 6) is 1.73. The lowest BCUT2D eigenvalue weighted by Gasteiger charge is -2.35. The van der Waals surface area contributed by atoms with Crippen molar-refractivity contribution in [1.29, 1.82) is 0 Å². The van der Waals surface area contributed by atoms with Crippen LogP contribution in [-0.2, 0) is 4.74 Å². The highest BCUT2D eigenvalue weighted by atomic mass is 16.5. The van der Waals surface area contributed by atoms with Gasteiger partial charge in [-0.05, 0) is 73.5 Å². The SMILES string of the molecule is COc1cc(-c2[nH]c3ccc(C4CCN(C5CCOC5)CC4)cc3c2C(C)C)cn2cnnc12. The lowest BCUT2D eigenvalue weighted by Crippen LogP contribution is -2.41. The summed E-state index contributed by atoms with van der Waals surface area (Å²) in [6.07, 6.45) is 7.43. The van der Waals surface area contributed by atoms with Crippen LogP contribution in [0.1, 0.15) is 56.1 Å². The number of ether oxygens (including phenoxy) is 2. The van der Waals surface area contributed by atoms with E-state index in [0.717, 1.165) is 35.9 Å². The lowest BCUT2D eigenvalue weighted by atomic mass is 9.87. The van der Waals surface area contributed by atoms with E-state index in [1.165, 1.54) is 54.4 Å². The van der Waals surface area contributed by atoms with Gasteiger partial charge in [0.1, 0.15) is 6.33 Å². The normalized spacial score (nSPS) is 20.2. The lowest BCUT2D eigenvalue weighted by molar-refractivity contribution is 0.122. The number of H-pyrrole nitrogens is 1. The summed E-state index contributed by atoms with van der Waals surface area (Å²) < 4.78 is 13.2. The van der Waals surface area contributed by atoms with Crippen molar-refractivity contribution in [2.75, 3.05) is 33.4 Å². The number of hydrogen-bond donors (Lipinski definition) is 1. The maximum atomic E-state index is 5.62. The first-order chi connectivity index (χ1) is 16.6. The standard InChI is InChI=1S/C27H33N5O2/c1-17(2)25-22-12-19(18-6-9-31(10-7-18)21-8-11-34-15-21)4-5-23(22)29-26(25)20-13-24(33-3)27-30-28-16-32(27)14-20/h4-5,12-14,16-18,21,29H,6-11,15H2,1-3H3. The Bertz CT molecular complexity index is 1310. The number of likely N-dealkylation sites (tertiary alicyclic amines) is 1. The molecule has 34 heavy (non-hydrogen) atoms. The third-order valence-corrected chi connectivity index (χ3v) is 7.73. The Hall–Kier alpha value is -2.90. The van der Waals surface area contributed by atoms with Crippen LogP contribution < -0.4 is 4.74 Å². The van der Waals surface area contributed by atoms with Crippen molar-refractivity contribution in [3.63, 3.8) is 0 Å². The Morgan fingerprint density at radius 1 is 1.15 bits per heavy atom. The van der Waals surface area contributed by atoms with Gasteiger partial charge in [-0.1, -0.05) is 19.9 Å². The highest BCUT2D eigenvalue weighted by molar-refractivity contribution is 5.92. The zero-order chi connectivity index (χ0) is 23.2. The van der Waals surface area contributed by atoms with E-state index in [-0.39, 0.29) is 0 Å². The predicted molar refractivity (Wildman–Crippen MR) is 134 cm³/mol. The summed E-state index contributed by atoms with van der Waals surface area (Å²) in [4.78, 5) is 6.36. The van der Waals surface area contributed by atoms with Crippen LogP contribution in [0, 0.1) is 0 Å². The fraction of sp³-hybridized carbons (Fsp3) is 0.481. The molecule has 0 radical (unpaired) electrons. The molecule has 0 spiro atoms. The molecular formula is C27H33N5O2. The van der Waals surface area contributed by atoms with Crippen molar-refractivity contribution in [3.05, 3.63) is 47.9 Å². The molecule has 1 unspecified atom stereocenters. The highest BCUT2D eigenvalue weighted by Crippen LogP contribution is 2.39. The molecule has 7 heteroatoms. The maximum absolute atomic E-state index is 5.62. The second kappa shape index (κ2) is 8.71. The van der Waals surface area contributed by atoms with Crippen LogP contribution in [0.2, 0.25) is 0 Å². The van der Waals surface area contributed by atoms with E-state index in [0.29, 0.717) is 17.9 Å². The van der Waals surface area contributed by atoms with Crippen molar-refractivity contribution in [3.8, 4) is 17.0 Å². The number of benzene rings is 1. The largest absolute Gasteiger partial charge is 0.493 e. The molecule has 2 aliphatic rings. The number of rotatable bonds is 5. The molecule has 0 bridgehead atoms. The Kier molecular flexibility index (Phi) is 5.54. The van der Waals surface area contributed by atoms with E-state index < -0.39 is 0 Å². The molecular weight excluding hydrogens is 426 g/mol. The van der Waals surface area contributed by atoms with Crippen LogP contribution in [0.5, 0.6) is 5.75 Å². The Balaban J connectivity index is 1.35. The van der Waals surface area contributed by atoms with Gasteiger partial charge in [-0.2, -0.15) is 0 Å². The molecule has 1 aromatic carbocycles. The monoisotopic (exact) mass is 459 g/mol. The average Bonchev–Trinajstić information content (AvgIpc) is 3.62. The number of pyridine rings is 1. The van der Waals surface area contributed by atoms with Gasteiger partial charge in [-0.25, -0.2) is 0 Å². The molecule has 178 valence electrons. The smallest absolute Gasteiger partial charge is 0.203 e. The number of nitrogens with one attached hydrogen (secondary N) is 1. The van der Waals surface area contributed by atoms with Gasteiger partial charge in [0, 0.05) is 35.3 Å². The molecule has 1 N–H and O–H groups in total. The topological polar surface area (TPSA) is 67.7 Å². The number of hydrogen-bond acceptors (Lipinski definition) is 5. The first-order valence-electron chi connectivity index (χ1n) is 12.5. The van der Waals surface area contributed by atoms with Gasteiger partial charge in [0.15, 0.2) is 5.75 Å². The summed E-state index contributed by atoms with van der Waals surface area (Å²) >= 11 is 0. The number of nitrogens with zero attached hydrogens (tertiary/aromatic N) is 4. The molecule has 2 aliphatic heterocycles. The van der Waals surface area contributed by atoms with Crippen molar-refractivity contribution in [2.45, 2.75) is 51.0 Å². The minimum Gasteiger partial charge on any atom is -0.493 e. The average molecular weight is 460 g/mol. The van der Waals surface area contributed by atoms with Crippen LogP contribution in [0.25, 0.3) is 27.8 Å². The molecule has 1 atom stereocenters. The van der Waals surface area contributed by atoms with Gasteiger partial charge in [-0.3, -0.25) is 9.30 Å². The molecule has 2 saturated heterocycles. The zero-order valence-corrected chi connectivity index (χ0v) is 20.3. The van der Waals surface area contributed by atoms with Crippen molar-refractivity contribution >= 4 is 16.6 Å². The van der Waals surface area contributed by atoms with Crippen molar-refractivity contribution in [2.24, 2.45) is 0 Å². The van der Waals surface area contributed by atoms with Gasteiger partial charge >= 0.3 is 0 Å². The molecule has 5 heterocycles. The number of aromatic nitrogens is 4. The summed E-state index contributed by atoms with van der Waals surface area (Å²) in [6.45, 7) is 8.72. The van der Waals surface area contributed by atoms with E-state index in [4.69, 9.17) is 9.47 Å². The number of aromatic amines is 1. The van der Waals surface area contributed by atoms with Crippen LogP contribution in [0.4, 0.5) is 0 Å². The molecule has 0 aliphatic carbocycles. The van der Waals surface area contributed by atoms with Crippen molar-refractivity contribution in [1.82, 2.24) is 24.5 Å². The molecule has 2 fully saturated rings. The Morgan fingerprint density at radius 3 is 2.74 bits per heavy atom. The molecule has 0 saturated carbocycles. The van der Waals surface area contributed by atoms with Gasteiger partial charge in [0.05, 0.1) is 19.4 Å². The van der Waals surface area contributed by atoms with E-state index in [9.17, 15) is 0 Å². The fourth-order valence-corrected chi connectivity index (χ4v) is 5.91. The quantitative estimate of drug-likeness (QED) is 0.456. The second-order valence-corrected chi connectivity index (χ2v) is 10.1. The van der Waals surface area contributed by atoms with Gasteiger partial charge < -0.3 is 14.5 Å². The third kappa shape index (κ3) is 3.67. The van der Waals surface area contributed by atoms with E-state index in [1.54, 1.807) is 13.4 Å². The summed E-state index contributed by atoms with van der Waals surface area (Å²) in [7, 11) is 1.68. The third-order valence-electron chi connectivity index (χ3n) is 7.73. The molecule has 6 rings (SSSR count). The maximum Gasteiger partial charge on any atom is 0.203 e. The summed E-state index contributed by atoms with van der Waals surface area (Å²) in [5.41, 5.74) is 6.96. The number of fused-ring (bicyclic) bond motifs is 2. The van der Waals surface area contributed by atoms with Gasteiger partial charge in [0.25, 0.3) is 0 Å². The summed E-state index contributed by atoms with van der Waals surface area (Å²) in [6, 6.07) is 9.73. The number of methoxy groups -OCH3 is 1. The van der Waals surface area contributed by atoms with Gasteiger partial charge in [0.2, 0.25) is 5.65 Å². The van der Waals surface area contributed by atoms with E-state index >= 15 is 0 Å². The van der Waals surface area contributed by atoms with Crippen LogP contribution in [-0.4, -0.2) is 63.9 Å². The van der Waals surface area contributed by atoms with Crippen LogP contribution >= 0.6 is 0 Å². The van der Waals surface area contributed by atoms with Crippen LogP contribution in [0.15, 0.2) is 36.8 Å². The first-order valence-corrected chi connectivity index (χ1v) is 12.5. The second-order valence-electron chi connectivity index (χ2n) is 10.1. The Labute approximate surface area is 200 Å². The fourth-order valence-electron chi connectivity index (χ4n) is 5.91. The highest BCUT2D eigenvalue weighted by Gasteiger charge is 2.28. The zero-order valence-electron chi connectivity index (χ0n) is 20.3. The molecule has 4 aromatic rings. The van der Waals surface area contributed by atoms with Crippen LogP contribution in [0.3, 0.4) is 0 Å². The van der Waals surface area contributed by atoms with E-state index in [2.05, 4.69) is 64.4 Å². The summed E-state index contributed by atoms with van der Waals surface area (Å²) in [5, 5.41) is 9.57. The number of piperidine rings is 1. The minimum atomic E-state index is 0.380.